The van der Waals surface area contributed by atoms with Crippen molar-refractivity contribution < 1.29 is 19.8 Å². The fraction of sp³-hybridized carbons (Fsp3) is 0.556. The van der Waals surface area contributed by atoms with Gasteiger partial charge in [-0.3, -0.25) is 9.59 Å². The van der Waals surface area contributed by atoms with E-state index in [0.717, 1.165) is 13.0 Å². The van der Waals surface area contributed by atoms with Crippen LogP contribution in [0.5, 0.6) is 0 Å². The van der Waals surface area contributed by atoms with E-state index in [4.69, 9.17) is 69.6 Å². The van der Waals surface area contributed by atoms with Crippen LogP contribution in [0, 0.1) is 5.41 Å². The second kappa shape index (κ2) is 4.72. The minimum absolute atomic E-state index is 0.428. The molecule has 2 unspecified atom stereocenters. The molecular formula is C9H6Cl6O4. The van der Waals surface area contributed by atoms with E-state index in [2.05, 4.69) is 0 Å². The van der Waals surface area contributed by atoms with E-state index in [9.17, 15) is 19.8 Å². The molecule has 2 N–H and O–H groups in total. The van der Waals surface area contributed by atoms with Crippen molar-refractivity contribution in [1.29, 1.82) is 0 Å². The Balaban J connectivity index is 3.83. The number of alkyl halides is 5. The maximum absolute atomic E-state index is 11.5. The topological polar surface area (TPSA) is 74.6 Å². The van der Waals surface area contributed by atoms with Crippen molar-refractivity contribution in [2.45, 2.75) is 20.5 Å². The number of carboxylic acids is 2. The van der Waals surface area contributed by atoms with E-state index >= 15 is 0 Å². The second-order valence-electron chi connectivity index (χ2n) is 4.11. The third kappa shape index (κ3) is 1.95. The van der Waals surface area contributed by atoms with Crippen LogP contribution < -0.4 is 0 Å². The van der Waals surface area contributed by atoms with Gasteiger partial charge in [-0.1, -0.05) is 58.0 Å². The van der Waals surface area contributed by atoms with E-state index in [0.29, 0.717) is 0 Å². The Labute approximate surface area is 138 Å². The van der Waals surface area contributed by atoms with Gasteiger partial charge in [0.25, 0.3) is 0 Å². The molecule has 0 aromatic carbocycles. The van der Waals surface area contributed by atoms with E-state index in [1.165, 1.54) is 0 Å². The number of carbonyl (C=O) groups is 2. The first kappa shape index (κ1) is 17.5. The quantitative estimate of drug-likeness (QED) is 0.706. The van der Waals surface area contributed by atoms with Crippen LogP contribution in [-0.4, -0.2) is 35.7 Å². The lowest BCUT2D eigenvalue weighted by Gasteiger charge is -2.51. The minimum atomic E-state index is -2.74. The fourth-order valence-electron chi connectivity index (χ4n) is 1.70. The third-order valence-electron chi connectivity index (χ3n) is 3.00. The Kier molecular flexibility index (Phi) is 4.34. The van der Waals surface area contributed by atoms with Gasteiger partial charge in [0.15, 0.2) is 13.5 Å². The highest BCUT2D eigenvalue weighted by Crippen LogP contribution is 2.65. The largest absolute Gasteiger partial charge is 0.481 e. The second-order valence-corrected chi connectivity index (χ2v) is 7.74. The predicted molar refractivity (Wildman–Crippen MR) is 74.8 cm³/mol. The van der Waals surface area contributed by atoms with Crippen molar-refractivity contribution in [2.24, 2.45) is 5.41 Å². The van der Waals surface area contributed by atoms with Crippen molar-refractivity contribution in [3.8, 4) is 0 Å². The zero-order valence-electron chi connectivity index (χ0n) is 9.06. The van der Waals surface area contributed by atoms with Crippen LogP contribution in [0.1, 0.15) is 6.92 Å². The smallest absolute Gasteiger partial charge is 0.329 e. The van der Waals surface area contributed by atoms with Crippen LogP contribution in [0.4, 0.5) is 0 Å². The van der Waals surface area contributed by atoms with Gasteiger partial charge in [-0.05, 0) is 13.0 Å². The number of carboxylic acid groups (broad SMARTS) is 2. The number of halogens is 6. The molecule has 0 aromatic heterocycles. The van der Waals surface area contributed by atoms with Crippen molar-refractivity contribution >= 4 is 81.5 Å². The highest BCUT2D eigenvalue weighted by molar-refractivity contribution is 6.70. The molecule has 0 amide bonds. The SMILES string of the molecule is CC1(C(=O)O)C=C(Cl)C(Cl)(Cl)C(Cl)(Cl)C1(Cl)C(=O)O. The molecule has 0 radical (unpaired) electrons. The molecule has 0 saturated heterocycles. The Bertz CT molecular complexity index is 487. The molecule has 108 valence electrons. The first-order chi connectivity index (χ1) is 8.26. The summed E-state index contributed by atoms with van der Waals surface area (Å²) in [5, 5.41) is 18.1. The maximum atomic E-state index is 11.5. The lowest BCUT2D eigenvalue weighted by Crippen LogP contribution is -2.69. The molecule has 1 aliphatic carbocycles. The number of rotatable bonds is 2. The summed E-state index contributed by atoms with van der Waals surface area (Å²) >= 11 is 35.2. The lowest BCUT2D eigenvalue weighted by atomic mass is 9.69. The van der Waals surface area contributed by atoms with E-state index in [1.54, 1.807) is 0 Å². The summed E-state index contributed by atoms with van der Waals surface area (Å²) in [6.07, 6.45) is 0.820. The van der Waals surface area contributed by atoms with Gasteiger partial charge in [-0.15, -0.1) is 11.6 Å². The van der Waals surface area contributed by atoms with Crippen LogP contribution in [0.15, 0.2) is 11.1 Å². The standard InChI is InChI=1S/C9H6Cl6O4/c1-6(4(16)17)2-3(10)8(12,13)9(14,15)7(6,11)5(18)19/h2H,1H3,(H,16,17)(H,18,19). The number of allylic oxidation sites excluding steroid dienone is 1. The zero-order chi connectivity index (χ0) is 15.4. The van der Waals surface area contributed by atoms with Crippen molar-refractivity contribution in [1.82, 2.24) is 0 Å². The van der Waals surface area contributed by atoms with E-state index in [1.807, 2.05) is 0 Å². The first-order valence-electron chi connectivity index (χ1n) is 4.57. The molecule has 0 spiro atoms. The Morgan fingerprint density at radius 1 is 1.05 bits per heavy atom. The van der Waals surface area contributed by atoms with Gasteiger partial charge in [-0.25, -0.2) is 0 Å². The molecule has 0 fully saturated rings. The highest BCUT2D eigenvalue weighted by Gasteiger charge is 2.77. The Hall–Kier alpha value is 0.420. The highest BCUT2D eigenvalue weighted by atomic mass is 35.5. The number of aliphatic carboxylic acids is 2. The summed E-state index contributed by atoms with van der Waals surface area (Å²) in [5.41, 5.74) is -2.23. The zero-order valence-corrected chi connectivity index (χ0v) is 13.6. The maximum Gasteiger partial charge on any atom is 0.329 e. The van der Waals surface area contributed by atoms with E-state index < -0.39 is 35.9 Å². The molecule has 0 bridgehead atoms. The molecular weight excluding hydrogens is 385 g/mol. The van der Waals surface area contributed by atoms with Crippen LogP contribution >= 0.6 is 69.6 Å². The van der Waals surface area contributed by atoms with Gasteiger partial charge in [0.1, 0.15) is 5.41 Å². The van der Waals surface area contributed by atoms with Gasteiger partial charge < -0.3 is 10.2 Å². The Morgan fingerprint density at radius 3 is 1.79 bits per heavy atom. The summed E-state index contributed by atoms with van der Waals surface area (Å²) in [5.74, 6) is -3.40. The van der Waals surface area contributed by atoms with Crippen LogP contribution in [-0.2, 0) is 9.59 Å². The summed E-state index contributed by atoms with van der Waals surface area (Å²) in [4.78, 5) is 20.1. The fourth-order valence-corrected chi connectivity index (χ4v) is 3.68. The third-order valence-corrected chi connectivity index (χ3v) is 7.11. The predicted octanol–water partition coefficient (Wildman–Crippen LogP) is 3.62. The van der Waals surface area contributed by atoms with Crippen molar-refractivity contribution in [3.63, 3.8) is 0 Å². The minimum Gasteiger partial charge on any atom is -0.481 e. The normalized spacial score (nSPS) is 36.5. The average Bonchev–Trinajstić information content (AvgIpc) is 2.24. The van der Waals surface area contributed by atoms with Gasteiger partial charge in [0.2, 0.25) is 0 Å². The molecule has 0 aromatic rings. The molecule has 0 heterocycles. The molecule has 0 aliphatic heterocycles. The molecule has 4 nitrogen and oxygen atoms in total. The number of hydrogen-bond acceptors (Lipinski definition) is 2. The van der Waals surface area contributed by atoms with Crippen LogP contribution in [0.3, 0.4) is 0 Å². The summed E-state index contributed by atoms with van der Waals surface area (Å²) < 4.78 is -4.89. The molecule has 10 heteroatoms. The summed E-state index contributed by atoms with van der Waals surface area (Å²) in [6, 6.07) is 0. The van der Waals surface area contributed by atoms with Gasteiger partial charge in [0, 0.05) is 0 Å². The Morgan fingerprint density at radius 2 is 1.47 bits per heavy atom. The molecule has 19 heavy (non-hydrogen) atoms. The monoisotopic (exact) mass is 388 g/mol. The molecule has 1 aliphatic rings. The first-order valence-corrected chi connectivity index (χ1v) is 6.83. The number of hydrogen-bond donors (Lipinski definition) is 2. The summed E-state index contributed by atoms with van der Waals surface area (Å²) in [6.45, 7) is 1.00. The molecule has 2 atom stereocenters. The van der Waals surface area contributed by atoms with Crippen molar-refractivity contribution in [2.75, 3.05) is 0 Å². The summed E-state index contributed by atoms with van der Waals surface area (Å²) in [7, 11) is 0. The van der Waals surface area contributed by atoms with Crippen molar-refractivity contribution in [3.05, 3.63) is 11.1 Å². The van der Waals surface area contributed by atoms with Gasteiger partial charge in [0.05, 0.1) is 5.03 Å². The van der Waals surface area contributed by atoms with E-state index in [-0.39, 0.29) is 0 Å². The average molecular weight is 391 g/mol. The lowest BCUT2D eigenvalue weighted by molar-refractivity contribution is -0.157. The van der Waals surface area contributed by atoms with Gasteiger partial charge >= 0.3 is 11.9 Å². The van der Waals surface area contributed by atoms with Crippen LogP contribution in [0.25, 0.3) is 0 Å². The molecule has 0 saturated carbocycles. The molecule has 1 rings (SSSR count). The van der Waals surface area contributed by atoms with Crippen LogP contribution in [0.2, 0.25) is 0 Å². The van der Waals surface area contributed by atoms with Gasteiger partial charge in [-0.2, -0.15) is 0 Å².